The first-order chi connectivity index (χ1) is 11.2. The van der Waals surface area contributed by atoms with Gasteiger partial charge in [0.2, 0.25) is 15.9 Å². The number of amides is 1. The lowest BCUT2D eigenvalue weighted by molar-refractivity contribution is -0.117. The molecular weight excluding hydrogens is 330 g/mol. The van der Waals surface area contributed by atoms with E-state index in [0.717, 1.165) is 12.8 Å². The van der Waals surface area contributed by atoms with E-state index in [1.54, 1.807) is 6.07 Å². The van der Waals surface area contributed by atoms with Gasteiger partial charge in [-0.1, -0.05) is 13.8 Å². The molecule has 0 bridgehead atoms. The van der Waals surface area contributed by atoms with Gasteiger partial charge in [0.05, 0.1) is 13.2 Å². The van der Waals surface area contributed by atoms with E-state index in [1.807, 2.05) is 13.8 Å². The van der Waals surface area contributed by atoms with Gasteiger partial charge in [0.15, 0.2) is 0 Å². The van der Waals surface area contributed by atoms with Gasteiger partial charge in [-0.2, -0.15) is 0 Å². The Morgan fingerprint density at radius 1 is 1.38 bits per heavy atom. The second-order valence-electron chi connectivity index (χ2n) is 6.49. The third kappa shape index (κ3) is 4.93. The smallest absolute Gasteiger partial charge is 0.244 e. The highest BCUT2D eigenvalue weighted by Gasteiger charge is 2.30. The van der Waals surface area contributed by atoms with Crippen molar-refractivity contribution in [1.82, 2.24) is 4.72 Å². The zero-order valence-corrected chi connectivity index (χ0v) is 15.0. The molecular formula is C16H25N3O4S. The molecule has 1 saturated carbocycles. The highest BCUT2D eigenvalue weighted by atomic mass is 32.2. The zero-order valence-electron chi connectivity index (χ0n) is 14.2. The molecule has 7 nitrogen and oxygen atoms in total. The maximum absolute atomic E-state index is 12.5. The van der Waals surface area contributed by atoms with Crippen LogP contribution in [-0.2, 0) is 14.8 Å². The Morgan fingerprint density at radius 2 is 2.04 bits per heavy atom. The predicted octanol–water partition coefficient (Wildman–Crippen LogP) is 1.45. The lowest BCUT2D eigenvalue weighted by atomic mass is 10.0. The second-order valence-corrected chi connectivity index (χ2v) is 8.17. The van der Waals surface area contributed by atoms with Crippen LogP contribution in [0.2, 0.25) is 0 Å². The van der Waals surface area contributed by atoms with Gasteiger partial charge in [0.25, 0.3) is 0 Å². The van der Waals surface area contributed by atoms with Crippen LogP contribution >= 0.6 is 0 Å². The highest BCUT2D eigenvalue weighted by molar-refractivity contribution is 7.89. The van der Waals surface area contributed by atoms with Crippen molar-refractivity contribution >= 4 is 21.6 Å². The summed E-state index contributed by atoms with van der Waals surface area (Å²) in [4.78, 5) is 12.1. The summed E-state index contributed by atoms with van der Waals surface area (Å²) < 4.78 is 32.6. The standard InChI is InChI=1S/C16H25N3O4S/c1-10(2)8-13(17)16(20)18-12-6-7-14(23-3)15(9-12)24(21,22)19-11-4-5-11/h6-7,9-11,13,19H,4-5,8,17H2,1-3H3,(H,18,20)/t13-/m0/s1. The number of ether oxygens (including phenoxy) is 1. The van der Waals surface area contributed by atoms with Crippen molar-refractivity contribution in [1.29, 1.82) is 0 Å². The number of anilines is 1. The minimum absolute atomic E-state index is 0.00660. The maximum Gasteiger partial charge on any atom is 0.244 e. The Labute approximate surface area is 143 Å². The third-order valence-electron chi connectivity index (χ3n) is 3.68. The largest absolute Gasteiger partial charge is 0.495 e. The summed E-state index contributed by atoms with van der Waals surface area (Å²) in [7, 11) is -2.29. The molecule has 24 heavy (non-hydrogen) atoms. The van der Waals surface area contributed by atoms with E-state index in [2.05, 4.69) is 10.0 Å². The van der Waals surface area contributed by atoms with Gasteiger partial charge in [0, 0.05) is 11.7 Å². The number of carbonyl (C=O) groups is 1. The fraction of sp³-hybridized carbons (Fsp3) is 0.562. The van der Waals surface area contributed by atoms with Crippen LogP contribution in [0.1, 0.15) is 33.1 Å². The average Bonchev–Trinajstić information content (AvgIpc) is 3.29. The summed E-state index contributed by atoms with van der Waals surface area (Å²) >= 11 is 0. The van der Waals surface area contributed by atoms with E-state index in [1.165, 1.54) is 19.2 Å². The van der Waals surface area contributed by atoms with E-state index < -0.39 is 16.1 Å². The normalized spacial score (nSPS) is 16.0. The van der Waals surface area contributed by atoms with Crippen molar-refractivity contribution < 1.29 is 17.9 Å². The van der Waals surface area contributed by atoms with Gasteiger partial charge in [-0.3, -0.25) is 4.79 Å². The van der Waals surface area contributed by atoms with E-state index in [4.69, 9.17) is 10.5 Å². The van der Waals surface area contributed by atoms with E-state index >= 15 is 0 Å². The van der Waals surface area contributed by atoms with Gasteiger partial charge in [-0.05, 0) is 43.4 Å². The van der Waals surface area contributed by atoms with Crippen molar-refractivity contribution in [2.24, 2.45) is 11.7 Å². The van der Waals surface area contributed by atoms with Crippen molar-refractivity contribution in [2.75, 3.05) is 12.4 Å². The van der Waals surface area contributed by atoms with Gasteiger partial charge in [-0.25, -0.2) is 13.1 Å². The molecule has 1 fully saturated rings. The molecule has 1 amide bonds. The van der Waals surface area contributed by atoms with Crippen LogP contribution in [0.15, 0.2) is 23.1 Å². The van der Waals surface area contributed by atoms with E-state index in [0.29, 0.717) is 18.0 Å². The molecule has 0 spiro atoms. The van der Waals surface area contributed by atoms with Gasteiger partial charge in [-0.15, -0.1) is 0 Å². The Kier molecular flexibility index (Phi) is 5.84. The molecule has 2 rings (SSSR count). The van der Waals surface area contributed by atoms with Crippen LogP contribution in [-0.4, -0.2) is 33.5 Å². The molecule has 0 aromatic heterocycles. The lowest BCUT2D eigenvalue weighted by Gasteiger charge is -2.16. The minimum Gasteiger partial charge on any atom is -0.495 e. The summed E-state index contributed by atoms with van der Waals surface area (Å²) in [6.45, 7) is 3.96. The molecule has 1 aromatic rings. The van der Waals surface area contributed by atoms with E-state index in [9.17, 15) is 13.2 Å². The van der Waals surface area contributed by atoms with Gasteiger partial charge >= 0.3 is 0 Å². The quantitative estimate of drug-likeness (QED) is 0.654. The first-order valence-electron chi connectivity index (χ1n) is 7.99. The molecule has 8 heteroatoms. The number of rotatable bonds is 8. The van der Waals surface area contributed by atoms with Crippen LogP contribution in [0, 0.1) is 5.92 Å². The number of methoxy groups -OCH3 is 1. The van der Waals surface area contributed by atoms with Gasteiger partial charge in [0.1, 0.15) is 10.6 Å². The molecule has 1 aliphatic rings. The molecule has 1 aromatic carbocycles. The zero-order chi connectivity index (χ0) is 17.9. The Morgan fingerprint density at radius 3 is 2.58 bits per heavy atom. The van der Waals surface area contributed by atoms with E-state index in [-0.39, 0.29) is 22.6 Å². The number of benzene rings is 1. The molecule has 0 heterocycles. The summed E-state index contributed by atoms with van der Waals surface area (Å²) in [6, 6.07) is 3.85. The first kappa shape index (κ1) is 18.7. The minimum atomic E-state index is -3.69. The molecule has 1 atom stereocenters. The molecule has 0 radical (unpaired) electrons. The Balaban J connectivity index is 2.20. The molecule has 0 unspecified atom stereocenters. The first-order valence-corrected chi connectivity index (χ1v) is 9.48. The topological polar surface area (TPSA) is 111 Å². The molecule has 134 valence electrons. The number of hydrogen-bond donors (Lipinski definition) is 3. The lowest BCUT2D eigenvalue weighted by Crippen LogP contribution is -2.36. The third-order valence-corrected chi connectivity index (χ3v) is 5.22. The summed E-state index contributed by atoms with van der Waals surface area (Å²) in [5.74, 6) is 0.181. The van der Waals surface area contributed by atoms with Crippen LogP contribution in [0.4, 0.5) is 5.69 Å². The van der Waals surface area contributed by atoms with Crippen LogP contribution in [0.5, 0.6) is 5.75 Å². The molecule has 1 aliphatic carbocycles. The van der Waals surface area contributed by atoms with Crippen molar-refractivity contribution in [3.05, 3.63) is 18.2 Å². The molecule has 0 saturated heterocycles. The summed E-state index contributed by atoms with van der Waals surface area (Å²) in [5.41, 5.74) is 6.22. The monoisotopic (exact) mass is 355 g/mol. The summed E-state index contributed by atoms with van der Waals surface area (Å²) in [6.07, 6.45) is 2.22. The Bertz CT molecular complexity index is 699. The average molecular weight is 355 g/mol. The van der Waals surface area contributed by atoms with Crippen molar-refractivity contribution in [3.63, 3.8) is 0 Å². The molecule has 0 aliphatic heterocycles. The highest BCUT2D eigenvalue weighted by Crippen LogP contribution is 2.29. The van der Waals surface area contributed by atoms with Crippen LogP contribution in [0.25, 0.3) is 0 Å². The predicted molar refractivity (Wildman–Crippen MR) is 92.4 cm³/mol. The van der Waals surface area contributed by atoms with Crippen LogP contribution in [0.3, 0.4) is 0 Å². The van der Waals surface area contributed by atoms with Crippen molar-refractivity contribution in [3.8, 4) is 5.75 Å². The molecule has 4 N–H and O–H groups in total. The van der Waals surface area contributed by atoms with Crippen molar-refractivity contribution in [2.45, 2.75) is 50.1 Å². The number of carbonyl (C=O) groups excluding carboxylic acids is 1. The van der Waals surface area contributed by atoms with Gasteiger partial charge < -0.3 is 15.8 Å². The second kappa shape index (κ2) is 7.50. The maximum atomic E-state index is 12.5. The fourth-order valence-corrected chi connectivity index (χ4v) is 3.80. The number of hydrogen-bond acceptors (Lipinski definition) is 5. The fourth-order valence-electron chi connectivity index (χ4n) is 2.30. The summed E-state index contributed by atoms with van der Waals surface area (Å²) in [5, 5.41) is 2.67. The number of sulfonamides is 1. The number of nitrogens with one attached hydrogen (secondary N) is 2. The number of nitrogens with two attached hydrogens (primary N) is 1. The SMILES string of the molecule is COc1ccc(NC(=O)[C@@H](N)CC(C)C)cc1S(=O)(=O)NC1CC1. The Hall–Kier alpha value is -1.64. The van der Waals surface area contributed by atoms with Crippen LogP contribution < -0.4 is 20.5 Å².